The van der Waals surface area contributed by atoms with Crippen molar-refractivity contribution in [3.05, 3.63) is 82.6 Å². The Hall–Kier alpha value is -4.38. The molecule has 0 unspecified atom stereocenters. The highest BCUT2D eigenvalue weighted by molar-refractivity contribution is 5.97. The number of carbonyl (C=O) groups excluding carboxylic acids is 2. The molecule has 0 spiro atoms. The number of fused-ring (bicyclic) bond motifs is 1. The van der Waals surface area contributed by atoms with E-state index in [1.807, 2.05) is 32.0 Å². The number of Topliss-reactive ketones (excluding diaryl/α,β-unsaturated/α-hetero) is 1. The second-order valence-corrected chi connectivity index (χ2v) is 7.38. The van der Waals surface area contributed by atoms with Crippen LogP contribution >= 0.6 is 0 Å². The fourth-order valence-electron chi connectivity index (χ4n) is 3.17. The lowest BCUT2D eigenvalue weighted by molar-refractivity contribution is -0.114. The number of hydrogen-bond donors (Lipinski definition) is 1. The number of benzene rings is 1. The highest BCUT2D eigenvalue weighted by Crippen LogP contribution is 2.15. The summed E-state index contributed by atoms with van der Waals surface area (Å²) >= 11 is 0. The molecule has 0 saturated heterocycles. The molecule has 4 aromatic rings. The average Bonchev–Trinajstić information content (AvgIpc) is 3.17. The van der Waals surface area contributed by atoms with Gasteiger partial charge < -0.3 is 0 Å². The minimum absolute atomic E-state index is 0.0187. The number of ketones is 1. The van der Waals surface area contributed by atoms with Crippen LogP contribution in [0.3, 0.4) is 0 Å². The Balaban J connectivity index is 1.62. The standard InChI is InChI=1S/C24H20N6O2/c1-15-8-9-25-21(10-15)12-22(32)19-5-4-16(2)18(11-19)6-7-20-13-28-30-23(20)26-14-27-24(30)29-17(3)31/h4-5,8-11,13-14H,12H2,1-3H3,(H,26,27,29,31). The van der Waals surface area contributed by atoms with E-state index in [2.05, 4.69) is 37.2 Å². The minimum Gasteiger partial charge on any atom is -0.295 e. The van der Waals surface area contributed by atoms with E-state index in [1.165, 1.54) is 17.8 Å². The molecule has 0 bridgehead atoms. The van der Waals surface area contributed by atoms with E-state index >= 15 is 0 Å². The molecule has 0 atom stereocenters. The quantitative estimate of drug-likeness (QED) is 0.399. The second kappa shape index (κ2) is 8.78. The van der Waals surface area contributed by atoms with Crippen LogP contribution < -0.4 is 5.32 Å². The molecular weight excluding hydrogens is 404 g/mol. The summed E-state index contributed by atoms with van der Waals surface area (Å²) in [7, 11) is 0. The van der Waals surface area contributed by atoms with Crippen molar-refractivity contribution in [3.8, 4) is 11.8 Å². The summed E-state index contributed by atoms with van der Waals surface area (Å²) in [4.78, 5) is 36.6. The summed E-state index contributed by atoms with van der Waals surface area (Å²) in [6, 6.07) is 9.30. The zero-order valence-corrected chi connectivity index (χ0v) is 17.9. The molecule has 0 fully saturated rings. The number of nitrogens with zero attached hydrogens (tertiary/aromatic N) is 5. The van der Waals surface area contributed by atoms with E-state index in [0.717, 1.165) is 22.4 Å². The van der Waals surface area contributed by atoms with Crippen molar-refractivity contribution >= 4 is 23.3 Å². The zero-order chi connectivity index (χ0) is 22.7. The lowest BCUT2D eigenvalue weighted by atomic mass is 10.00. The first-order valence-electron chi connectivity index (χ1n) is 9.94. The smallest absolute Gasteiger partial charge is 0.234 e. The van der Waals surface area contributed by atoms with Crippen LogP contribution in [0, 0.1) is 25.7 Å². The van der Waals surface area contributed by atoms with Gasteiger partial charge in [-0.25, -0.2) is 9.97 Å². The van der Waals surface area contributed by atoms with Crippen molar-refractivity contribution in [2.45, 2.75) is 27.2 Å². The average molecular weight is 424 g/mol. The Morgan fingerprint density at radius 3 is 2.62 bits per heavy atom. The van der Waals surface area contributed by atoms with Crippen molar-refractivity contribution in [2.24, 2.45) is 0 Å². The third-order valence-corrected chi connectivity index (χ3v) is 4.80. The summed E-state index contributed by atoms with van der Waals surface area (Å²) in [6.45, 7) is 5.30. The number of hydrogen-bond acceptors (Lipinski definition) is 6. The molecule has 1 aromatic carbocycles. The predicted molar refractivity (Wildman–Crippen MR) is 119 cm³/mol. The van der Waals surface area contributed by atoms with Gasteiger partial charge in [0.05, 0.1) is 18.2 Å². The van der Waals surface area contributed by atoms with Crippen LogP contribution in [-0.2, 0) is 11.2 Å². The predicted octanol–water partition coefficient (Wildman–Crippen LogP) is 2.92. The Bertz CT molecular complexity index is 1410. The van der Waals surface area contributed by atoms with Crippen LogP contribution in [-0.4, -0.2) is 36.3 Å². The lowest BCUT2D eigenvalue weighted by Crippen LogP contribution is -2.12. The van der Waals surface area contributed by atoms with Crippen LogP contribution in [0.1, 0.15) is 45.2 Å². The van der Waals surface area contributed by atoms with Gasteiger partial charge in [-0.1, -0.05) is 24.0 Å². The summed E-state index contributed by atoms with van der Waals surface area (Å²) < 4.78 is 1.42. The summed E-state index contributed by atoms with van der Waals surface area (Å²) in [5.41, 5.74) is 5.14. The van der Waals surface area contributed by atoms with Gasteiger partial charge in [0, 0.05) is 29.9 Å². The molecule has 1 amide bonds. The molecule has 1 N–H and O–H groups in total. The van der Waals surface area contributed by atoms with Gasteiger partial charge in [-0.05, 0) is 43.2 Å². The van der Waals surface area contributed by atoms with E-state index in [1.54, 1.807) is 24.5 Å². The summed E-state index contributed by atoms with van der Waals surface area (Å²) in [5, 5.41) is 6.83. The van der Waals surface area contributed by atoms with E-state index in [0.29, 0.717) is 16.8 Å². The Labute approximate surface area is 184 Å². The van der Waals surface area contributed by atoms with Gasteiger partial charge in [0.1, 0.15) is 6.33 Å². The maximum atomic E-state index is 12.8. The number of anilines is 1. The van der Waals surface area contributed by atoms with E-state index in [4.69, 9.17) is 0 Å². The molecule has 0 radical (unpaired) electrons. The third kappa shape index (κ3) is 4.52. The van der Waals surface area contributed by atoms with E-state index < -0.39 is 0 Å². The molecule has 8 nitrogen and oxygen atoms in total. The molecule has 8 heteroatoms. The van der Waals surface area contributed by atoms with Crippen molar-refractivity contribution in [2.75, 3.05) is 5.32 Å². The largest absolute Gasteiger partial charge is 0.295 e. The third-order valence-electron chi connectivity index (χ3n) is 4.80. The van der Waals surface area contributed by atoms with Gasteiger partial charge in [0.25, 0.3) is 0 Å². The van der Waals surface area contributed by atoms with Gasteiger partial charge in [0.2, 0.25) is 11.9 Å². The molecule has 0 aliphatic heterocycles. The molecule has 0 aliphatic carbocycles. The second-order valence-electron chi connectivity index (χ2n) is 7.38. The van der Waals surface area contributed by atoms with E-state index in [-0.39, 0.29) is 24.1 Å². The Morgan fingerprint density at radius 2 is 1.84 bits per heavy atom. The van der Waals surface area contributed by atoms with E-state index in [9.17, 15) is 9.59 Å². The van der Waals surface area contributed by atoms with Crippen molar-refractivity contribution in [3.63, 3.8) is 0 Å². The first-order valence-corrected chi connectivity index (χ1v) is 9.94. The van der Waals surface area contributed by atoms with Gasteiger partial charge in [-0.2, -0.15) is 9.61 Å². The number of amides is 1. The fourth-order valence-corrected chi connectivity index (χ4v) is 3.17. The van der Waals surface area contributed by atoms with Crippen LogP contribution in [0.5, 0.6) is 0 Å². The first-order chi connectivity index (χ1) is 15.4. The molecule has 4 rings (SSSR count). The number of rotatable bonds is 4. The minimum atomic E-state index is -0.258. The van der Waals surface area contributed by atoms with Gasteiger partial charge in [-0.15, -0.1) is 0 Å². The van der Waals surface area contributed by atoms with Crippen LogP contribution in [0.4, 0.5) is 5.95 Å². The molecule has 32 heavy (non-hydrogen) atoms. The normalized spacial score (nSPS) is 10.5. The number of aryl methyl sites for hydroxylation is 2. The molecule has 0 saturated carbocycles. The number of carbonyl (C=O) groups is 2. The summed E-state index contributed by atoms with van der Waals surface area (Å²) in [5.74, 6) is 6.18. The number of pyridine rings is 1. The Kier molecular flexibility index (Phi) is 5.73. The van der Waals surface area contributed by atoms with Crippen molar-refractivity contribution < 1.29 is 9.59 Å². The maximum Gasteiger partial charge on any atom is 0.234 e. The van der Waals surface area contributed by atoms with Crippen LogP contribution in [0.15, 0.2) is 49.1 Å². The van der Waals surface area contributed by atoms with Gasteiger partial charge >= 0.3 is 0 Å². The SMILES string of the molecule is CC(=O)Nc1ncnc2c(C#Cc3cc(C(=O)Cc4cc(C)ccn4)ccc3C)cnn12. The highest BCUT2D eigenvalue weighted by Gasteiger charge is 2.11. The van der Waals surface area contributed by atoms with Gasteiger partial charge in [-0.3, -0.25) is 19.9 Å². The topological polar surface area (TPSA) is 102 Å². The van der Waals surface area contributed by atoms with Crippen LogP contribution in [0.2, 0.25) is 0 Å². The first kappa shape index (κ1) is 20.9. The molecule has 158 valence electrons. The molecule has 3 aromatic heterocycles. The summed E-state index contributed by atoms with van der Waals surface area (Å²) in [6.07, 6.45) is 4.85. The van der Waals surface area contributed by atoms with Crippen molar-refractivity contribution in [1.82, 2.24) is 24.6 Å². The van der Waals surface area contributed by atoms with Gasteiger partial charge in [0.15, 0.2) is 11.4 Å². The molecular formula is C24H20N6O2. The molecule has 3 heterocycles. The lowest BCUT2D eigenvalue weighted by Gasteiger charge is -2.05. The highest BCUT2D eigenvalue weighted by atomic mass is 16.1. The van der Waals surface area contributed by atoms with Crippen LogP contribution in [0.25, 0.3) is 5.65 Å². The number of aromatic nitrogens is 5. The fraction of sp³-hybridized carbons (Fsp3) is 0.167. The van der Waals surface area contributed by atoms with Crippen molar-refractivity contribution in [1.29, 1.82) is 0 Å². The Morgan fingerprint density at radius 1 is 1.03 bits per heavy atom. The number of nitrogens with one attached hydrogen (secondary N) is 1. The molecule has 0 aliphatic rings. The maximum absolute atomic E-state index is 12.8. The zero-order valence-electron chi connectivity index (χ0n) is 17.9. The monoisotopic (exact) mass is 424 g/mol.